The molecule has 112 valence electrons. The number of H-pyrrole nitrogens is 1. The Morgan fingerprint density at radius 3 is 2.95 bits per heavy atom. The number of aliphatic hydroxyl groups is 1. The lowest BCUT2D eigenvalue weighted by Crippen LogP contribution is -2.15. The van der Waals surface area contributed by atoms with E-state index < -0.39 is 11.0 Å². The van der Waals surface area contributed by atoms with Gasteiger partial charge in [0, 0.05) is 17.0 Å². The van der Waals surface area contributed by atoms with E-state index in [-0.39, 0.29) is 17.4 Å². The zero-order chi connectivity index (χ0) is 15.1. The number of thiophene rings is 1. The van der Waals surface area contributed by atoms with Crippen LogP contribution >= 0.6 is 23.1 Å². The zero-order valence-corrected chi connectivity index (χ0v) is 12.6. The van der Waals surface area contributed by atoms with Crippen molar-refractivity contribution in [2.24, 2.45) is 0 Å². The molecule has 0 radical (unpaired) electrons. The Labute approximate surface area is 127 Å². The number of hydrogen-bond donors (Lipinski definition) is 2. The van der Waals surface area contributed by atoms with Crippen molar-refractivity contribution in [1.29, 1.82) is 0 Å². The van der Waals surface area contributed by atoms with Gasteiger partial charge in [-0.3, -0.25) is 14.7 Å². The van der Waals surface area contributed by atoms with Crippen LogP contribution < -0.4 is 5.69 Å². The van der Waals surface area contributed by atoms with Crippen LogP contribution in [0.2, 0.25) is 0 Å². The molecule has 0 aromatic carbocycles. The summed E-state index contributed by atoms with van der Waals surface area (Å²) in [7, 11) is 0. The first-order valence-electron chi connectivity index (χ1n) is 6.28. The molecule has 0 bridgehead atoms. The average Bonchev–Trinajstić information content (AvgIpc) is 3.04. The topological polar surface area (TPSA) is 114 Å². The van der Waals surface area contributed by atoms with E-state index in [0.29, 0.717) is 14.2 Å². The minimum absolute atomic E-state index is 0.0707. The van der Waals surface area contributed by atoms with E-state index >= 15 is 0 Å². The monoisotopic (exact) mass is 328 g/mol. The lowest BCUT2D eigenvalue weighted by atomic mass is 10.3. The maximum absolute atomic E-state index is 11.7. The van der Waals surface area contributed by atoms with Crippen molar-refractivity contribution < 1.29 is 10.0 Å². The Morgan fingerprint density at radius 1 is 1.67 bits per heavy atom. The second-order valence-corrected chi connectivity index (χ2v) is 7.09. The van der Waals surface area contributed by atoms with E-state index in [1.807, 2.05) is 0 Å². The molecule has 1 atom stereocenters. The van der Waals surface area contributed by atoms with Gasteiger partial charge in [-0.2, -0.15) is 0 Å². The van der Waals surface area contributed by atoms with Gasteiger partial charge in [0.05, 0.1) is 11.0 Å². The summed E-state index contributed by atoms with van der Waals surface area (Å²) < 4.78 is 1.95. The van der Waals surface area contributed by atoms with Gasteiger partial charge in [0.2, 0.25) is 0 Å². The Morgan fingerprint density at radius 2 is 2.38 bits per heavy atom. The molecular weight excluding hydrogens is 316 g/mol. The molecule has 1 aliphatic rings. The van der Waals surface area contributed by atoms with Gasteiger partial charge >= 0.3 is 5.69 Å². The molecule has 0 amide bonds. The number of nitrogens with one attached hydrogen (secondary N) is 1. The maximum Gasteiger partial charge on any atom is 0.344 e. The first-order valence-corrected chi connectivity index (χ1v) is 7.91. The minimum Gasteiger partial charge on any atom is -0.388 e. The van der Waals surface area contributed by atoms with Gasteiger partial charge in [0.15, 0.2) is 5.16 Å². The summed E-state index contributed by atoms with van der Waals surface area (Å²) in [5.74, 6) is 0. The van der Waals surface area contributed by atoms with Crippen LogP contribution in [0.4, 0.5) is 5.69 Å². The molecule has 21 heavy (non-hydrogen) atoms. The fourth-order valence-electron chi connectivity index (χ4n) is 1.89. The highest BCUT2D eigenvalue weighted by molar-refractivity contribution is 8.01. The summed E-state index contributed by atoms with van der Waals surface area (Å²) >= 11 is 2.23. The summed E-state index contributed by atoms with van der Waals surface area (Å²) in [4.78, 5) is 22.8. The molecule has 2 aromatic rings. The first kappa shape index (κ1) is 14.3. The van der Waals surface area contributed by atoms with E-state index in [4.69, 9.17) is 0 Å². The van der Waals surface area contributed by atoms with Crippen LogP contribution in [-0.4, -0.2) is 24.8 Å². The summed E-state index contributed by atoms with van der Waals surface area (Å²) in [6, 6.07) is 1.50. The Kier molecular flexibility index (Phi) is 3.59. The smallest absolute Gasteiger partial charge is 0.344 e. The summed E-state index contributed by atoms with van der Waals surface area (Å²) in [6.07, 6.45) is 1.06. The highest BCUT2D eigenvalue weighted by Crippen LogP contribution is 2.44. The number of hydrogen-bond acceptors (Lipinski definition) is 7. The normalized spacial score (nSPS) is 16.1. The molecule has 1 saturated carbocycles. The van der Waals surface area contributed by atoms with Crippen molar-refractivity contribution >= 4 is 28.8 Å². The number of aromatic nitrogens is 3. The van der Waals surface area contributed by atoms with Crippen molar-refractivity contribution in [3.05, 3.63) is 31.5 Å². The summed E-state index contributed by atoms with van der Waals surface area (Å²) in [5, 5.41) is 27.4. The van der Waals surface area contributed by atoms with Crippen molar-refractivity contribution in [2.45, 2.75) is 41.3 Å². The molecule has 1 aliphatic carbocycles. The second kappa shape index (κ2) is 5.28. The van der Waals surface area contributed by atoms with Gasteiger partial charge in [0.25, 0.3) is 5.69 Å². The van der Waals surface area contributed by atoms with E-state index in [1.165, 1.54) is 10.6 Å². The van der Waals surface area contributed by atoms with Crippen LogP contribution in [0.15, 0.2) is 20.2 Å². The lowest BCUT2D eigenvalue weighted by Gasteiger charge is -2.01. The van der Waals surface area contributed by atoms with Gasteiger partial charge < -0.3 is 5.11 Å². The third-order valence-electron chi connectivity index (χ3n) is 3.08. The van der Waals surface area contributed by atoms with Gasteiger partial charge in [-0.1, -0.05) is 0 Å². The third-order valence-corrected chi connectivity index (χ3v) is 5.53. The van der Waals surface area contributed by atoms with E-state index in [9.17, 15) is 20.0 Å². The molecule has 0 spiro atoms. The molecule has 10 heteroatoms. The molecule has 3 rings (SSSR count). The van der Waals surface area contributed by atoms with E-state index in [1.54, 1.807) is 6.92 Å². The summed E-state index contributed by atoms with van der Waals surface area (Å²) in [5.41, 5.74) is -0.367. The van der Waals surface area contributed by atoms with Gasteiger partial charge in [0.1, 0.15) is 4.21 Å². The number of nitro groups is 1. The number of aliphatic hydroxyl groups excluding tert-OH is 1. The highest BCUT2D eigenvalue weighted by atomic mass is 32.2. The molecule has 1 unspecified atom stereocenters. The standard InChI is InChI=1S/C11H12N4O4S2/c1-5(16)8-4-7(15(18)19)9(20-8)21-11-13-12-10(17)14(11)6-2-3-6/h4-6,16H,2-3H2,1H3,(H,12,17). The van der Waals surface area contributed by atoms with Crippen LogP contribution in [0, 0.1) is 10.1 Å². The fourth-order valence-corrected chi connectivity index (χ4v) is 4.19. The van der Waals surface area contributed by atoms with Crippen LogP contribution in [-0.2, 0) is 0 Å². The van der Waals surface area contributed by atoms with Gasteiger partial charge in [-0.15, -0.1) is 16.4 Å². The van der Waals surface area contributed by atoms with Crippen LogP contribution in [0.25, 0.3) is 0 Å². The minimum atomic E-state index is -0.771. The second-order valence-electron chi connectivity index (χ2n) is 4.77. The number of aromatic amines is 1. The fraction of sp³-hybridized carbons (Fsp3) is 0.455. The van der Waals surface area contributed by atoms with Gasteiger partial charge in [-0.05, 0) is 31.5 Å². The van der Waals surface area contributed by atoms with Crippen molar-refractivity contribution in [3.8, 4) is 0 Å². The molecule has 2 aromatic heterocycles. The highest BCUT2D eigenvalue weighted by Gasteiger charge is 2.30. The van der Waals surface area contributed by atoms with Crippen LogP contribution in [0.1, 0.15) is 36.8 Å². The number of rotatable bonds is 5. The Bertz CT molecular complexity index is 744. The predicted molar refractivity (Wildman–Crippen MR) is 76.8 cm³/mol. The molecule has 2 N–H and O–H groups in total. The van der Waals surface area contributed by atoms with Crippen molar-refractivity contribution in [3.63, 3.8) is 0 Å². The van der Waals surface area contributed by atoms with E-state index in [2.05, 4.69) is 10.2 Å². The first-order chi connectivity index (χ1) is 9.97. The van der Waals surface area contributed by atoms with Crippen molar-refractivity contribution in [2.75, 3.05) is 0 Å². The molecule has 2 heterocycles. The van der Waals surface area contributed by atoms with E-state index in [0.717, 1.165) is 35.9 Å². The molecule has 8 nitrogen and oxygen atoms in total. The molecule has 0 saturated heterocycles. The largest absolute Gasteiger partial charge is 0.388 e. The predicted octanol–water partition coefficient (Wildman–Crippen LogP) is 2.08. The molecule has 1 fully saturated rings. The Balaban J connectivity index is 1.98. The van der Waals surface area contributed by atoms with Gasteiger partial charge in [-0.25, -0.2) is 9.89 Å². The average molecular weight is 328 g/mol. The molecular formula is C11H12N4O4S2. The SMILES string of the molecule is CC(O)c1cc([N+](=O)[O-])c(Sc2n[nH]c(=O)n2C2CC2)s1. The molecule has 0 aliphatic heterocycles. The lowest BCUT2D eigenvalue weighted by molar-refractivity contribution is -0.387. The zero-order valence-electron chi connectivity index (χ0n) is 11.0. The Hall–Kier alpha value is -1.65. The van der Waals surface area contributed by atoms with Crippen LogP contribution in [0.5, 0.6) is 0 Å². The quantitative estimate of drug-likeness (QED) is 0.641. The number of nitrogens with zero attached hydrogens (tertiary/aromatic N) is 3. The summed E-state index contributed by atoms with van der Waals surface area (Å²) in [6.45, 7) is 1.55. The third kappa shape index (κ3) is 2.74. The maximum atomic E-state index is 11.7. The van der Waals surface area contributed by atoms with Crippen molar-refractivity contribution in [1.82, 2.24) is 14.8 Å². The van der Waals surface area contributed by atoms with Crippen LogP contribution in [0.3, 0.4) is 0 Å².